The largest absolute Gasteiger partial charge is 0.357 e. The van der Waals surface area contributed by atoms with E-state index in [0.717, 1.165) is 68.9 Å². The lowest BCUT2D eigenvalue weighted by molar-refractivity contribution is 0.122. The van der Waals surface area contributed by atoms with Crippen LogP contribution in [0.25, 0.3) is 0 Å². The highest BCUT2D eigenvalue weighted by molar-refractivity contribution is 14.0. The van der Waals surface area contributed by atoms with Crippen LogP contribution in [0.5, 0.6) is 0 Å². The fourth-order valence-electron chi connectivity index (χ4n) is 2.78. The number of likely N-dealkylation sites (N-methyl/N-ethyl adjacent to an activating group) is 1. The van der Waals surface area contributed by atoms with Crippen molar-refractivity contribution in [3.8, 4) is 0 Å². The molecule has 2 rings (SSSR count). The van der Waals surface area contributed by atoms with Crippen molar-refractivity contribution in [2.45, 2.75) is 33.2 Å². The number of nitrogens with one attached hydrogen (secondary N) is 2. The van der Waals surface area contributed by atoms with Crippen molar-refractivity contribution in [1.82, 2.24) is 25.4 Å². The van der Waals surface area contributed by atoms with Crippen LogP contribution in [-0.4, -0.2) is 79.6 Å². The molecule has 0 spiro atoms. The fraction of sp³-hybridized carbons (Fsp3) is 0.765. The lowest BCUT2D eigenvalue weighted by atomic mass is 10.2. The lowest BCUT2D eigenvalue weighted by Crippen LogP contribution is -2.49. The first-order valence-electron chi connectivity index (χ1n) is 8.94. The van der Waals surface area contributed by atoms with Gasteiger partial charge in [0.25, 0.3) is 0 Å². The molecule has 1 atom stereocenters. The molecule has 8 heteroatoms. The van der Waals surface area contributed by atoms with Gasteiger partial charge in [-0.25, -0.2) is 4.98 Å². The number of guanidine groups is 1. The van der Waals surface area contributed by atoms with Gasteiger partial charge in [0.05, 0.1) is 17.2 Å². The number of hydrogen-bond donors (Lipinski definition) is 2. The fourth-order valence-corrected chi connectivity index (χ4v) is 3.42. The van der Waals surface area contributed by atoms with Gasteiger partial charge in [-0.2, -0.15) is 0 Å². The number of rotatable bonds is 7. The van der Waals surface area contributed by atoms with Crippen LogP contribution in [0.2, 0.25) is 0 Å². The molecule has 1 unspecified atom stereocenters. The van der Waals surface area contributed by atoms with Gasteiger partial charge in [0.2, 0.25) is 0 Å². The maximum Gasteiger partial charge on any atom is 0.191 e. The molecule has 2 heterocycles. The molecule has 6 nitrogen and oxygen atoms in total. The first kappa shape index (κ1) is 22.6. The number of aliphatic imine (C=N–C) groups is 1. The van der Waals surface area contributed by atoms with E-state index in [0.29, 0.717) is 6.04 Å². The van der Waals surface area contributed by atoms with Crippen molar-refractivity contribution in [2.24, 2.45) is 4.99 Å². The second-order valence-electron chi connectivity index (χ2n) is 6.44. The average Bonchev–Trinajstić information content (AvgIpc) is 2.98. The molecule has 1 aromatic heterocycles. The zero-order valence-electron chi connectivity index (χ0n) is 15.9. The van der Waals surface area contributed by atoms with Crippen LogP contribution in [0.1, 0.15) is 24.5 Å². The maximum atomic E-state index is 4.77. The maximum absolute atomic E-state index is 4.77. The Morgan fingerprint density at radius 3 is 2.64 bits per heavy atom. The van der Waals surface area contributed by atoms with Crippen LogP contribution < -0.4 is 10.6 Å². The van der Waals surface area contributed by atoms with Gasteiger partial charge in [-0.15, -0.1) is 35.3 Å². The third-order valence-electron chi connectivity index (χ3n) is 4.36. The first-order chi connectivity index (χ1) is 11.6. The normalized spacial score (nSPS) is 17.8. The predicted molar refractivity (Wildman–Crippen MR) is 118 cm³/mol. The molecule has 144 valence electrons. The Balaban J connectivity index is 0.00000312. The number of thiazole rings is 1. The molecule has 1 saturated heterocycles. The van der Waals surface area contributed by atoms with Crippen molar-refractivity contribution in [2.75, 3.05) is 52.9 Å². The predicted octanol–water partition coefficient (Wildman–Crippen LogP) is 1.80. The summed E-state index contributed by atoms with van der Waals surface area (Å²) in [5, 5.41) is 10.0. The zero-order chi connectivity index (χ0) is 17.4. The van der Waals surface area contributed by atoms with Gasteiger partial charge in [-0.3, -0.25) is 9.89 Å². The van der Waals surface area contributed by atoms with Crippen LogP contribution in [0.4, 0.5) is 0 Å². The highest BCUT2D eigenvalue weighted by Crippen LogP contribution is 2.08. The molecule has 0 bridgehead atoms. The lowest BCUT2D eigenvalue weighted by Gasteiger charge is -2.35. The summed E-state index contributed by atoms with van der Waals surface area (Å²) in [6, 6.07) is 0.482. The molecular weight excluding hydrogens is 447 g/mol. The average molecular weight is 480 g/mol. The van der Waals surface area contributed by atoms with E-state index in [1.165, 1.54) is 0 Å². The number of piperazine rings is 1. The highest BCUT2D eigenvalue weighted by atomic mass is 127. The van der Waals surface area contributed by atoms with Gasteiger partial charge >= 0.3 is 0 Å². The molecule has 25 heavy (non-hydrogen) atoms. The smallest absolute Gasteiger partial charge is 0.191 e. The highest BCUT2D eigenvalue weighted by Gasteiger charge is 2.18. The molecule has 0 aliphatic carbocycles. The topological polar surface area (TPSA) is 55.8 Å². The molecule has 2 N–H and O–H groups in total. The van der Waals surface area contributed by atoms with Gasteiger partial charge in [0.15, 0.2) is 5.96 Å². The van der Waals surface area contributed by atoms with E-state index >= 15 is 0 Å². The van der Waals surface area contributed by atoms with E-state index in [1.807, 2.05) is 6.92 Å². The minimum absolute atomic E-state index is 0. The minimum atomic E-state index is 0. The molecule has 1 fully saturated rings. The second-order valence-corrected chi connectivity index (χ2v) is 7.50. The van der Waals surface area contributed by atoms with Crippen LogP contribution in [-0.2, 0) is 6.42 Å². The van der Waals surface area contributed by atoms with E-state index < -0.39 is 0 Å². The third kappa shape index (κ3) is 8.19. The van der Waals surface area contributed by atoms with Gasteiger partial charge in [0.1, 0.15) is 0 Å². The molecule has 0 aromatic carbocycles. The molecule has 1 aromatic rings. The van der Waals surface area contributed by atoms with Crippen molar-refractivity contribution in [3.05, 3.63) is 16.1 Å². The standard InChI is InChI=1S/C17H32N6S.HI/c1-5-18-17(19-7-6-16-13-24-15(3)21-16)20-12-14(2)23-10-8-22(4)9-11-23;/h13-14H,5-12H2,1-4H3,(H2,18,19,20);1H. The van der Waals surface area contributed by atoms with Gasteiger partial charge in [0, 0.05) is 57.1 Å². The van der Waals surface area contributed by atoms with Crippen LogP contribution in [0, 0.1) is 6.92 Å². The number of aromatic nitrogens is 1. The first-order valence-corrected chi connectivity index (χ1v) is 9.82. The summed E-state index contributed by atoms with van der Waals surface area (Å²) in [6.07, 6.45) is 0.933. The molecule has 1 aliphatic rings. The summed E-state index contributed by atoms with van der Waals surface area (Å²) in [7, 11) is 2.19. The number of hydrogen-bond acceptors (Lipinski definition) is 5. The van der Waals surface area contributed by atoms with Gasteiger partial charge < -0.3 is 15.5 Å². The second kappa shape index (κ2) is 12.0. The summed E-state index contributed by atoms with van der Waals surface area (Å²) >= 11 is 1.71. The quantitative estimate of drug-likeness (QED) is 0.354. The van der Waals surface area contributed by atoms with E-state index in [-0.39, 0.29) is 24.0 Å². The summed E-state index contributed by atoms with van der Waals surface area (Å²) in [5.41, 5.74) is 1.16. The monoisotopic (exact) mass is 480 g/mol. The van der Waals surface area contributed by atoms with E-state index in [1.54, 1.807) is 11.3 Å². The van der Waals surface area contributed by atoms with Crippen LogP contribution in [0.15, 0.2) is 10.4 Å². The zero-order valence-corrected chi connectivity index (χ0v) is 19.1. The van der Waals surface area contributed by atoms with Crippen molar-refractivity contribution >= 4 is 41.3 Å². The Hall–Kier alpha value is -0.450. The Labute approximate surface area is 173 Å². The Morgan fingerprint density at radius 1 is 1.32 bits per heavy atom. The van der Waals surface area contributed by atoms with Gasteiger partial charge in [-0.05, 0) is 27.8 Å². The SMILES string of the molecule is CCNC(=NCC(C)N1CCN(C)CC1)NCCc1csc(C)n1.I. The summed E-state index contributed by atoms with van der Waals surface area (Å²) in [5.74, 6) is 0.908. The summed E-state index contributed by atoms with van der Waals surface area (Å²) < 4.78 is 0. The number of nitrogens with zero attached hydrogens (tertiary/aromatic N) is 4. The van der Waals surface area contributed by atoms with Crippen LogP contribution in [0.3, 0.4) is 0 Å². The third-order valence-corrected chi connectivity index (χ3v) is 5.18. The number of aryl methyl sites for hydroxylation is 1. The van der Waals surface area contributed by atoms with Crippen molar-refractivity contribution < 1.29 is 0 Å². The van der Waals surface area contributed by atoms with E-state index in [2.05, 4.69) is 51.7 Å². The molecular formula is C17H33IN6S. The van der Waals surface area contributed by atoms with Gasteiger partial charge in [-0.1, -0.05) is 0 Å². The Morgan fingerprint density at radius 2 is 2.04 bits per heavy atom. The summed E-state index contributed by atoms with van der Waals surface area (Å²) in [6.45, 7) is 13.6. The Bertz CT molecular complexity index is 513. The Kier molecular flexibility index (Phi) is 10.9. The van der Waals surface area contributed by atoms with E-state index in [9.17, 15) is 0 Å². The van der Waals surface area contributed by atoms with Crippen molar-refractivity contribution in [3.63, 3.8) is 0 Å². The molecule has 0 saturated carbocycles. The van der Waals surface area contributed by atoms with Crippen molar-refractivity contribution in [1.29, 1.82) is 0 Å². The number of halogens is 1. The van der Waals surface area contributed by atoms with Crippen LogP contribution >= 0.6 is 35.3 Å². The minimum Gasteiger partial charge on any atom is -0.357 e. The molecule has 0 radical (unpaired) electrons. The molecule has 1 aliphatic heterocycles. The summed E-state index contributed by atoms with van der Waals surface area (Å²) in [4.78, 5) is 14.2. The van der Waals surface area contributed by atoms with E-state index in [4.69, 9.17) is 4.99 Å². The molecule has 0 amide bonds.